The highest BCUT2D eigenvalue weighted by molar-refractivity contribution is 5.89. The molecule has 6 heteroatoms. The lowest BCUT2D eigenvalue weighted by Gasteiger charge is -2.16. The molecule has 30 heavy (non-hydrogen) atoms. The number of carbonyl (C=O) groups excluding carboxylic acids is 1. The average molecular weight is 398 g/mol. The van der Waals surface area contributed by atoms with E-state index in [2.05, 4.69) is 15.6 Å². The molecule has 3 aromatic carbocycles. The maximum absolute atomic E-state index is 12.5. The van der Waals surface area contributed by atoms with Crippen LogP contribution in [-0.4, -0.2) is 22.1 Å². The van der Waals surface area contributed by atoms with Crippen LogP contribution < -0.4 is 16.2 Å². The van der Waals surface area contributed by atoms with E-state index in [1.54, 1.807) is 6.07 Å². The molecular weight excluding hydrogens is 376 g/mol. The van der Waals surface area contributed by atoms with Gasteiger partial charge in [-0.15, -0.1) is 0 Å². The summed E-state index contributed by atoms with van der Waals surface area (Å²) in [5.41, 5.74) is 2.28. The minimum atomic E-state index is -0.256. The second kappa shape index (κ2) is 9.05. The quantitative estimate of drug-likeness (QED) is 0.479. The van der Waals surface area contributed by atoms with Gasteiger partial charge in [-0.25, -0.2) is 4.79 Å². The Morgan fingerprint density at radius 1 is 0.867 bits per heavy atom. The van der Waals surface area contributed by atoms with Gasteiger partial charge >= 0.3 is 6.03 Å². The minimum Gasteiger partial charge on any atom is -0.338 e. The number of fused-ring (bicyclic) bond motifs is 1. The van der Waals surface area contributed by atoms with Crippen molar-refractivity contribution in [2.75, 3.05) is 11.9 Å². The van der Waals surface area contributed by atoms with Gasteiger partial charge in [-0.2, -0.15) is 4.98 Å². The first kappa shape index (κ1) is 19.4. The van der Waals surface area contributed by atoms with Crippen LogP contribution in [0.1, 0.15) is 12.2 Å². The van der Waals surface area contributed by atoms with E-state index >= 15 is 0 Å². The number of amides is 2. The molecule has 0 aliphatic carbocycles. The van der Waals surface area contributed by atoms with Crippen LogP contribution in [0, 0.1) is 0 Å². The molecule has 0 aliphatic heterocycles. The highest BCUT2D eigenvalue weighted by atomic mass is 16.2. The SMILES string of the molecule is O=C(NCCCc1nc(=O)c2ccccc2n1-c1ccccc1)Nc1ccccc1. The number of rotatable bonds is 6. The zero-order valence-electron chi connectivity index (χ0n) is 16.4. The van der Waals surface area contributed by atoms with Crippen molar-refractivity contribution in [1.29, 1.82) is 0 Å². The molecule has 2 amide bonds. The van der Waals surface area contributed by atoms with Gasteiger partial charge in [0.15, 0.2) is 0 Å². The Hall–Kier alpha value is -3.93. The molecule has 4 aromatic rings. The number of aromatic nitrogens is 2. The van der Waals surface area contributed by atoms with Crippen LogP contribution in [-0.2, 0) is 6.42 Å². The maximum Gasteiger partial charge on any atom is 0.319 e. The van der Waals surface area contributed by atoms with Crippen molar-refractivity contribution in [2.45, 2.75) is 12.8 Å². The zero-order valence-corrected chi connectivity index (χ0v) is 16.4. The number of hydrogen-bond acceptors (Lipinski definition) is 3. The second-order valence-electron chi connectivity index (χ2n) is 6.87. The van der Waals surface area contributed by atoms with E-state index in [1.165, 1.54) is 0 Å². The van der Waals surface area contributed by atoms with Crippen LogP contribution in [0.3, 0.4) is 0 Å². The minimum absolute atomic E-state index is 0.234. The molecule has 150 valence electrons. The number of urea groups is 1. The van der Waals surface area contributed by atoms with Crippen molar-refractivity contribution in [3.05, 3.63) is 101 Å². The van der Waals surface area contributed by atoms with Crippen LogP contribution in [0.2, 0.25) is 0 Å². The van der Waals surface area contributed by atoms with Gasteiger partial charge in [-0.3, -0.25) is 9.36 Å². The van der Waals surface area contributed by atoms with E-state index in [4.69, 9.17) is 0 Å². The Morgan fingerprint density at radius 3 is 2.30 bits per heavy atom. The molecule has 0 atom stereocenters. The lowest BCUT2D eigenvalue weighted by Crippen LogP contribution is -2.30. The number of nitrogens with zero attached hydrogens (tertiary/aromatic N) is 2. The molecule has 1 aromatic heterocycles. The average Bonchev–Trinajstić information content (AvgIpc) is 2.78. The molecule has 0 saturated heterocycles. The third-order valence-electron chi connectivity index (χ3n) is 4.77. The fraction of sp³-hybridized carbons (Fsp3) is 0.125. The Bertz CT molecular complexity index is 1200. The van der Waals surface area contributed by atoms with Crippen molar-refractivity contribution >= 4 is 22.6 Å². The largest absolute Gasteiger partial charge is 0.338 e. The lowest BCUT2D eigenvalue weighted by atomic mass is 10.2. The highest BCUT2D eigenvalue weighted by Gasteiger charge is 2.12. The van der Waals surface area contributed by atoms with Gasteiger partial charge in [-0.05, 0) is 42.8 Å². The van der Waals surface area contributed by atoms with E-state index in [1.807, 2.05) is 83.4 Å². The third-order valence-corrected chi connectivity index (χ3v) is 4.77. The molecule has 0 fully saturated rings. The molecular formula is C24H22N4O2. The normalized spacial score (nSPS) is 10.7. The number of para-hydroxylation sites is 3. The van der Waals surface area contributed by atoms with Crippen molar-refractivity contribution < 1.29 is 4.79 Å². The monoisotopic (exact) mass is 398 g/mol. The van der Waals surface area contributed by atoms with Crippen LogP contribution in [0.25, 0.3) is 16.6 Å². The topological polar surface area (TPSA) is 76.0 Å². The number of nitrogens with one attached hydrogen (secondary N) is 2. The number of anilines is 1. The molecule has 1 heterocycles. The molecule has 0 spiro atoms. The Kier molecular flexibility index (Phi) is 5.85. The Labute approximate surface area is 174 Å². The van der Waals surface area contributed by atoms with E-state index in [9.17, 15) is 9.59 Å². The summed E-state index contributed by atoms with van der Waals surface area (Å²) in [4.78, 5) is 28.9. The molecule has 0 unspecified atom stereocenters. The van der Waals surface area contributed by atoms with Gasteiger partial charge in [0.05, 0.1) is 10.9 Å². The fourth-order valence-electron chi connectivity index (χ4n) is 3.39. The molecule has 0 saturated carbocycles. The molecule has 2 N–H and O–H groups in total. The van der Waals surface area contributed by atoms with Crippen molar-refractivity contribution in [2.24, 2.45) is 0 Å². The number of carbonyl (C=O) groups is 1. The third kappa shape index (κ3) is 4.38. The van der Waals surface area contributed by atoms with Crippen molar-refractivity contribution in [1.82, 2.24) is 14.9 Å². The Morgan fingerprint density at radius 2 is 1.53 bits per heavy atom. The van der Waals surface area contributed by atoms with Crippen LogP contribution in [0.15, 0.2) is 89.7 Å². The van der Waals surface area contributed by atoms with Gasteiger partial charge in [0, 0.05) is 24.3 Å². The summed E-state index contributed by atoms with van der Waals surface area (Å²) >= 11 is 0. The van der Waals surface area contributed by atoms with E-state index in [0.717, 1.165) is 16.9 Å². The predicted molar refractivity (Wildman–Crippen MR) is 119 cm³/mol. The van der Waals surface area contributed by atoms with Crippen LogP contribution in [0.4, 0.5) is 10.5 Å². The van der Waals surface area contributed by atoms with Gasteiger partial charge in [0.2, 0.25) is 0 Å². The van der Waals surface area contributed by atoms with E-state index in [0.29, 0.717) is 30.6 Å². The first-order valence-corrected chi connectivity index (χ1v) is 9.88. The van der Waals surface area contributed by atoms with E-state index in [-0.39, 0.29) is 11.6 Å². The highest BCUT2D eigenvalue weighted by Crippen LogP contribution is 2.18. The summed E-state index contributed by atoms with van der Waals surface area (Å²) in [6.07, 6.45) is 1.21. The summed E-state index contributed by atoms with van der Waals surface area (Å²) in [6.45, 7) is 0.468. The summed E-state index contributed by atoms with van der Waals surface area (Å²) in [7, 11) is 0. The smallest absolute Gasteiger partial charge is 0.319 e. The van der Waals surface area contributed by atoms with Gasteiger partial charge in [-0.1, -0.05) is 48.5 Å². The molecule has 0 radical (unpaired) electrons. The summed E-state index contributed by atoms with van der Waals surface area (Å²) < 4.78 is 2.01. The first-order valence-electron chi connectivity index (χ1n) is 9.88. The molecule has 0 aliphatic rings. The Balaban J connectivity index is 1.50. The standard InChI is InChI=1S/C24H22N4O2/c29-23-20-14-7-8-15-21(20)28(19-12-5-2-6-13-19)22(27-23)16-9-17-25-24(30)26-18-10-3-1-4-11-18/h1-8,10-15H,9,16-17H2,(H2,25,26,30). The fourth-order valence-corrected chi connectivity index (χ4v) is 3.39. The lowest BCUT2D eigenvalue weighted by molar-refractivity contribution is 0.252. The van der Waals surface area contributed by atoms with E-state index < -0.39 is 0 Å². The summed E-state index contributed by atoms with van der Waals surface area (Å²) in [5.74, 6) is 0.676. The van der Waals surface area contributed by atoms with Crippen molar-refractivity contribution in [3.8, 4) is 5.69 Å². The number of benzene rings is 3. The van der Waals surface area contributed by atoms with Crippen LogP contribution in [0.5, 0.6) is 0 Å². The molecule has 6 nitrogen and oxygen atoms in total. The van der Waals surface area contributed by atoms with Gasteiger partial charge < -0.3 is 10.6 Å². The molecule has 4 rings (SSSR count). The summed E-state index contributed by atoms with van der Waals surface area (Å²) in [5, 5.41) is 6.23. The van der Waals surface area contributed by atoms with Crippen LogP contribution >= 0.6 is 0 Å². The van der Waals surface area contributed by atoms with Crippen molar-refractivity contribution in [3.63, 3.8) is 0 Å². The maximum atomic E-state index is 12.5. The number of hydrogen-bond donors (Lipinski definition) is 2. The van der Waals surface area contributed by atoms with Gasteiger partial charge in [0.1, 0.15) is 5.82 Å². The predicted octanol–water partition coefficient (Wildman–Crippen LogP) is 4.14. The molecule has 0 bridgehead atoms. The second-order valence-corrected chi connectivity index (χ2v) is 6.87. The summed E-state index contributed by atoms with van der Waals surface area (Å²) in [6, 6.07) is 26.4. The zero-order chi connectivity index (χ0) is 20.8. The van der Waals surface area contributed by atoms with Gasteiger partial charge in [0.25, 0.3) is 5.56 Å². The first-order chi connectivity index (χ1) is 14.7. The number of aryl methyl sites for hydroxylation is 1.